The van der Waals surface area contributed by atoms with Gasteiger partial charge in [0.25, 0.3) is 0 Å². The van der Waals surface area contributed by atoms with Crippen molar-refractivity contribution in [1.82, 2.24) is 0 Å². The number of halogens is 2. The van der Waals surface area contributed by atoms with Crippen molar-refractivity contribution in [2.75, 3.05) is 23.8 Å². The van der Waals surface area contributed by atoms with Crippen LogP contribution in [0.1, 0.15) is 0 Å². The molecule has 1 amide bonds. The van der Waals surface area contributed by atoms with Gasteiger partial charge in [0.1, 0.15) is 5.82 Å². The minimum atomic E-state index is -0.287. The summed E-state index contributed by atoms with van der Waals surface area (Å²) < 4.78 is 13.9. The summed E-state index contributed by atoms with van der Waals surface area (Å²) in [6, 6.07) is 13.6. The summed E-state index contributed by atoms with van der Waals surface area (Å²) in [6.07, 6.45) is 0. The van der Waals surface area contributed by atoms with Gasteiger partial charge in [-0.25, -0.2) is 4.39 Å². The van der Waals surface area contributed by atoms with E-state index in [2.05, 4.69) is 27.9 Å². The van der Waals surface area contributed by atoms with Crippen molar-refractivity contribution in [2.24, 2.45) is 0 Å². The summed E-state index contributed by atoms with van der Waals surface area (Å²) in [5.41, 5.74) is 1.57. The number of benzene rings is 2. The minimum Gasteiger partial charge on any atom is -0.365 e. The maximum atomic E-state index is 12.8. The largest absolute Gasteiger partial charge is 0.365 e. The Morgan fingerprint density at radius 1 is 1.25 bits per heavy atom. The molecule has 2 rings (SSSR count). The Bertz CT molecular complexity index is 601. The first-order chi connectivity index (χ1) is 9.54. The van der Waals surface area contributed by atoms with Gasteiger partial charge in [0.05, 0.1) is 6.54 Å². The van der Waals surface area contributed by atoms with Crippen LogP contribution < -0.4 is 10.2 Å². The van der Waals surface area contributed by atoms with Crippen LogP contribution in [-0.4, -0.2) is 19.5 Å². The molecule has 2 aromatic rings. The van der Waals surface area contributed by atoms with Gasteiger partial charge >= 0.3 is 0 Å². The first-order valence-electron chi connectivity index (χ1n) is 6.07. The molecule has 1 N–H and O–H groups in total. The second kappa shape index (κ2) is 6.69. The van der Waals surface area contributed by atoms with Crippen molar-refractivity contribution in [3.8, 4) is 0 Å². The van der Waals surface area contributed by atoms with Crippen molar-refractivity contribution in [3.05, 3.63) is 57.9 Å². The van der Waals surface area contributed by atoms with Crippen molar-refractivity contribution in [1.29, 1.82) is 0 Å². The number of anilines is 2. The lowest BCUT2D eigenvalue weighted by Gasteiger charge is -2.18. The lowest BCUT2D eigenvalue weighted by Crippen LogP contribution is -2.30. The van der Waals surface area contributed by atoms with E-state index in [9.17, 15) is 9.18 Å². The molecule has 0 aliphatic rings. The Morgan fingerprint density at radius 2 is 1.95 bits per heavy atom. The number of carbonyl (C=O) groups excluding carboxylic acids is 1. The molecule has 0 aliphatic heterocycles. The molecule has 0 aliphatic carbocycles. The SMILES string of the molecule is CN(CC(=O)Nc1cccc(I)c1)c1ccc(F)cc1. The van der Waals surface area contributed by atoms with Crippen LogP contribution in [0.2, 0.25) is 0 Å². The lowest BCUT2D eigenvalue weighted by atomic mass is 10.3. The van der Waals surface area contributed by atoms with Gasteiger partial charge in [-0.15, -0.1) is 0 Å². The van der Waals surface area contributed by atoms with Crippen LogP contribution in [0.4, 0.5) is 15.8 Å². The maximum Gasteiger partial charge on any atom is 0.243 e. The van der Waals surface area contributed by atoms with Gasteiger partial charge in [-0.1, -0.05) is 6.07 Å². The normalized spacial score (nSPS) is 10.2. The molecule has 2 aromatic carbocycles. The second-order valence-corrected chi connectivity index (χ2v) is 5.64. The number of likely N-dealkylation sites (N-methyl/N-ethyl adjacent to an activating group) is 1. The molecule has 20 heavy (non-hydrogen) atoms. The topological polar surface area (TPSA) is 32.3 Å². The molecule has 0 spiro atoms. The van der Waals surface area contributed by atoms with Crippen LogP contribution in [0.25, 0.3) is 0 Å². The van der Waals surface area contributed by atoms with Crippen molar-refractivity contribution in [3.63, 3.8) is 0 Å². The van der Waals surface area contributed by atoms with Gasteiger partial charge in [0.2, 0.25) is 5.91 Å². The maximum absolute atomic E-state index is 12.8. The Hall–Kier alpha value is -1.63. The quantitative estimate of drug-likeness (QED) is 0.819. The van der Waals surface area contributed by atoms with Gasteiger partial charge < -0.3 is 10.2 Å². The number of hydrogen-bond acceptors (Lipinski definition) is 2. The summed E-state index contributed by atoms with van der Waals surface area (Å²) in [4.78, 5) is 13.7. The molecule has 0 aromatic heterocycles. The van der Waals surface area contributed by atoms with Crippen LogP contribution >= 0.6 is 22.6 Å². The third kappa shape index (κ3) is 4.19. The van der Waals surface area contributed by atoms with Crippen LogP contribution in [0.15, 0.2) is 48.5 Å². The molecule has 0 fully saturated rings. The molecule has 0 atom stereocenters. The van der Waals surface area contributed by atoms with Gasteiger partial charge in [-0.3, -0.25) is 4.79 Å². The molecule has 3 nitrogen and oxygen atoms in total. The first kappa shape index (κ1) is 14.8. The fourth-order valence-corrected chi connectivity index (χ4v) is 2.31. The number of rotatable bonds is 4. The number of nitrogens with zero attached hydrogens (tertiary/aromatic N) is 1. The van der Waals surface area contributed by atoms with Gasteiger partial charge in [0.15, 0.2) is 0 Å². The summed E-state index contributed by atoms with van der Waals surface area (Å²) >= 11 is 2.19. The van der Waals surface area contributed by atoms with Crippen LogP contribution in [0.3, 0.4) is 0 Å². The molecular formula is C15H14FIN2O. The molecule has 0 bridgehead atoms. The average Bonchev–Trinajstić information content (AvgIpc) is 2.39. The Balaban J connectivity index is 1.95. The zero-order valence-electron chi connectivity index (χ0n) is 10.9. The van der Waals surface area contributed by atoms with Crippen molar-refractivity contribution in [2.45, 2.75) is 0 Å². The van der Waals surface area contributed by atoms with Crippen LogP contribution in [-0.2, 0) is 4.79 Å². The highest BCUT2D eigenvalue weighted by Gasteiger charge is 2.08. The Morgan fingerprint density at radius 3 is 2.60 bits per heavy atom. The first-order valence-corrected chi connectivity index (χ1v) is 7.14. The summed E-state index contributed by atoms with van der Waals surface area (Å²) in [7, 11) is 1.79. The predicted octanol–water partition coefficient (Wildman–Crippen LogP) is 3.51. The average molecular weight is 384 g/mol. The van der Waals surface area contributed by atoms with Gasteiger partial charge in [-0.05, 0) is 65.1 Å². The second-order valence-electron chi connectivity index (χ2n) is 4.39. The highest BCUT2D eigenvalue weighted by atomic mass is 127. The summed E-state index contributed by atoms with van der Waals surface area (Å²) in [5, 5.41) is 2.84. The van der Waals surface area contributed by atoms with Crippen molar-refractivity contribution >= 4 is 39.9 Å². The third-order valence-electron chi connectivity index (χ3n) is 2.76. The molecule has 0 unspecified atom stereocenters. The van der Waals surface area contributed by atoms with E-state index in [0.29, 0.717) is 0 Å². The highest BCUT2D eigenvalue weighted by molar-refractivity contribution is 14.1. The van der Waals surface area contributed by atoms with E-state index in [4.69, 9.17) is 0 Å². The molecule has 0 heterocycles. The molecule has 0 radical (unpaired) electrons. The molecule has 5 heteroatoms. The summed E-state index contributed by atoms with van der Waals surface area (Å²) in [6.45, 7) is 0.205. The van der Waals surface area contributed by atoms with Crippen LogP contribution in [0.5, 0.6) is 0 Å². The smallest absolute Gasteiger partial charge is 0.243 e. The van der Waals surface area contributed by atoms with Gasteiger partial charge in [-0.2, -0.15) is 0 Å². The zero-order chi connectivity index (χ0) is 14.5. The van der Waals surface area contributed by atoms with E-state index < -0.39 is 0 Å². The van der Waals surface area contributed by atoms with E-state index in [0.717, 1.165) is 14.9 Å². The van der Waals surface area contributed by atoms with E-state index >= 15 is 0 Å². The summed E-state index contributed by atoms with van der Waals surface area (Å²) in [5.74, 6) is -0.399. The predicted molar refractivity (Wildman–Crippen MR) is 87.5 cm³/mol. The molecular weight excluding hydrogens is 370 g/mol. The molecule has 0 saturated carbocycles. The molecule has 0 saturated heterocycles. The number of carbonyl (C=O) groups is 1. The van der Waals surface area contributed by atoms with E-state index in [1.165, 1.54) is 12.1 Å². The Kier molecular flexibility index (Phi) is 4.94. The monoisotopic (exact) mass is 384 g/mol. The number of amides is 1. The van der Waals surface area contributed by atoms with E-state index in [1.54, 1.807) is 24.1 Å². The van der Waals surface area contributed by atoms with Crippen molar-refractivity contribution < 1.29 is 9.18 Å². The number of nitrogens with one attached hydrogen (secondary N) is 1. The Labute approximate surface area is 130 Å². The minimum absolute atomic E-state index is 0.112. The number of hydrogen-bond donors (Lipinski definition) is 1. The lowest BCUT2D eigenvalue weighted by molar-refractivity contribution is -0.114. The van der Waals surface area contributed by atoms with E-state index in [-0.39, 0.29) is 18.3 Å². The molecule has 104 valence electrons. The standard InChI is InChI=1S/C15H14FIN2O/c1-19(14-7-5-11(16)6-8-14)10-15(20)18-13-4-2-3-12(17)9-13/h2-9H,10H2,1H3,(H,18,20). The fourth-order valence-electron chi connectivity index (χ4n) is 1.77. The third-order valence-corrected chi connectivity index (χ3v) is 3.43. The fraction of sp³-hybridized carbons (Fsp3) is 0.133. The van der Waals surface area contributed by atoms with Crippen LogP contribution in [0, 0.1) is 9.39 Å². The zero-order valence-corrected chi connectivity index (χ0v) is 13.1. The van der Waals surface area contributed by atoms with Gasteiger partial charge in [0, 0.05) is 22.0 Å². The van der Waals surface area contributed by atoms with E-state index in [1.807, 2.05) is 24.3 Å². The highest BCUT2D eigenvalue weighted by Crippen LogP contribution is 2.14.